The van der Waals surface area contributed by atoms with E-state index >= 15 is 0 Å². The second-order valence-electron chi connectivity index (χ2n) is 3.26. The summed E-state index contributed by atoms with van der Waals surface area (Å²) in [6.07, 6.45) is 3.73. The van der Waals surface area contributed by atoms with Crippen LogP contribution in [0.2, 0.25) is 0 Å². The summed E-state index contributed by atoms with van der Waals surface area (Å²) in [5, 5.41) is 0. The SMILES string of the molecule is NCc1cc(Br)cc2c1CCC2. The van der Waals surface area contributed by atoms with Gasteiger partial charge in [0.15, 0.2) is 0 Å². The van der Waals surface area contributed by atoms with E-state index in [1.807, 2.05) is 0 Å². The number of hydrogen-bond acceptors (Lipinski definition) is 1. The first-order chi connectivity index (χ1) is 5.81. The Hall–Kier alpha value is -0.340. The van der Waals surface area contributed by atoms with Crippen LogP contribution in [0.3, 0.4) is 0 Å². The zero-order valence-electron chi connectivity index (χ0n) is 6.94. The molecule has 0 saturated heterocycles. The minimum atomic E-state index is 0.668. The molecule has 0 unspecified atom stereocenters. The van der Waals surface area contributed by atoms with Gasteiger partial charge in [0.2, 0.25) is 0 Å². The van der Waals surface area contributed by atoms with Crippen LogP contribution in [0.25, 0.3) is 0 Å². The van der Waals surface area contributed by atoms with Gasteiger partial charge < -0.3 is 5.73 Å². The molecule has 2 heteroatoms. The van der Waals surface area contributed by atoms with Crippen molar-refractivity contribution in [1.82, 2.24) is 0 Å². The van der Waals surface area contributed by atoms with E-state index in [1.54, 1.807) is 0 Å². The topological polar surface area (TPSA) is 26.0 Å². The zero-order chi connectivity index (χ0) is 8.55. The largest absolute Gasteiger partial charge is 0.326 e. The number of hydrogen-bond donors (Lipinski definition) is 1. The van der Waals surface area contributed by atoms with Gasteiger partial charge in [-0.1, -0.05) is 15.9 Å². The summed E-state index contributed by atoms with van der Waals surface area (Å²) < 4.78 is 1.17. The monoisotopic (exact) mass is 225 g/mol. The van der Waals surface area contributed by atoms with Crippen LogP contribution in [0.15, 0.2) is 16.6 Å². The molecule has 1 aromatic carbocycles. The van der Waals surface area contributed by atoms with E-state index in [-0.39, 0.29) is 0 Å². The van der Waals surface area contributed by atoms with Crippen molar-refractivity contribution in [3.63, 3.8) is 0 Å². The average Bonchev–Trinajstić information content (AvgIpc) is 2.50. The average molecular weight is 226 g/mol. The molecule has 0 radical (unpaired) electrons. The maximum absolute atomic E-state index is 5.67. The molecule has 1 aromatic rings. The van der Waals surface area contributed by atoms with Crippen LogP contribution in [0.4, 0.5) is 0 Å². The van der Waals surface area contributed by atoms with Gasteiger partial charge in [0.25, 0.3) is 0 Å². The van der Waals surface area contributed by atoms with E-state index in [2.05, 4.69) is 28.1 Å². The first-order valence-corrected chi connectivity index (χ1v) is 5.11. The van der Waals surface area contributed by atoms with Crippen LogP contribution < -0.4 is 5.73 Å². The van der Waals surface area contributed by atoms with Crippen molar-refractivity contribution in [2.75, 3.05) is 0 Å². The molecule has 0 aromatic heterocycles. The lowest BCUT2D eigenvalue weighted by Gasteiger charge is -2.06. The number of fused-ring (bicyclic) bond motifs is 1. The first kappa shape index (κ1) is 8.27. The molecule has 1 aliphatic rings. The molecule has 0 atom stereocenters. The Balaban J connectivity index is 2.55. The van der Waals surface area contributed by atoms with Gasteiger partial charge >= 0.3 is 0 Å². The molecule has 0 saturated carbocycles. The standard InChI is InChI=1S/C10H12BrN/c11-9-4-7-2-1-3-10(7)8(5-9)6-12/h4-5H,1-3,6,12H2. The zero-order valence-corrected chi connectivity index (χ0v) is 8.52. The molecule has 1 nitrogen and oxygen atoms in total. The maximum atomic E-state index is 5.67. The molecular weight excluding hydrogens is 214 g/mol. The summed E-state index contributed by atoms with van der Waals surface area (Å²) in [5.41, 5.74) is 9.98. The number of nitrogens with two attached hydrogens (primary N) is 1. The highest BCUT2D eigenvalue weighted by Gasteiger charge is 2.14. The number of benzene rings is 1. The van der Waals surface area contributed by atoms with Crippen LogP contribution in [0.1, 0.15) is 23.1 Å². The van der Waals surface area contributed by atoms with E-state index in [0.29, 0.717) is 6.54 Å². The quantitative estimate of drug-likeness (QED) is 0.781. The van der Waals surface area contributed by atoms with Crippen molar-refractivity contribution in [1.29, 1.82) is 0 Å². The molecule has 0 aliphatic heterocycles. The summed E-state index contributed by atoms with van der Waals surface area (Å²) >= 11 is 3.50. The van der Waals surface area contributed by atoms with Gasteiger partial charge in [-0.15, -0.1) is 0 Å². The Morgan fingerprint density at radius 2 is 2.17 bits per heavy atom. The molecule has 0 spiro atoms. The van der Waals surface area contributed by atoms with E-state index in [0.717, 1.165) is 0 Å². The van der Waals surface area contributed by atoms with Crippen molar-refractivity contribution in [2.45, 2.75) is 25.8 Å². The third-order valence-corrected chi connectivity index (χ3v) is 2.95. The normalized spacial score (nSPS) is 14.8. The Morgan fingerprint density at radius 3 is 2.92 bits per heavy atom. The smallest absolute Gasteiger partial charge is 0.0181 e. The summed E-state index contributed by atoms with van der Waals surface area (Å²) in [4.78, 5) is 0. The summed E-state index contributed by atoms with van der Waals surface area (Å²) in [6.45, 7) is 0.668. The van der Waals surface area contributed by atoms with Crippen LogP contribution in [0, 0.1) is 0 Å². The Morgan fingerprint density at radius 1 is 1.33 bits per heavy atom. The van der Waals surface area contributed by atoms with Crippen molar-refractivity contribution in [2.24, 2.45) is 5.73 Å². The second kappa shape index (κ2) is 3.19. The maximum Gasteiger partial charge on any atom is 0.0181 e. The van der Waals surface area contributed by atoms with Crippen molar-refractivity contribution in [3.8, 4) is 0 Å². The van der Waals surface area contributed by atoms with Crippen LogP contribution in [0.5, 0.6) is 0 Å². The Labute approximate surface area is 81.1 Å². The summed E-state index contributed by atoms with van der Waals surface area (Å²) in [7, 11) is 0. The van der Waals surface area contributed by atoms with E-state index in [1.165, 1.54) is 40.4 Å². The molecule has 0 amide bonds. The van der Waals surface area contributed by atoms with Gasteiger partial charge in [-0.3, -0.25) is 0 Å². The molecule has 2 N–H and O–H groups in total. The molecule has 0 heterocycles. The van der Waals surface area contributed by atoms with Gasteiger partial charge in [-0.05, 0) is 48.1 Å². The van der Waals surface area contributed by atoms with Crippen molar-refractivity contribution in [3.05, 3.63) is 33.3 Å². The lowest BCUT2D eigenvalue weighted by atomic mass is 10.0. The molecule has 0 fully saturated rings. The van der Waals surface area contributed by atoms with Gasteiger partial charge in [-0.25, -0.2) is 0 Å². The minimum absolute atomic E-state index is 0.668. The predicted octanol–water partition coefficient (Wildman–Crippen LogP) is 2.40. The molecular formula is C10H12BrN. The highest BCUT2D eigenvalue weighted by atomic mass is 79.9. The number of halogens is 1. The van der Waals surface area contributed by atoms with Crippen molar-refractivity contribution < 1.29 is 0 Å². The predicted molar refractivity (Wildman–Crippen MR) is 54.1 cm³/mol. The highest BCUT2D eigenvalue weighted by Crippen LogP contribution is 2.28. The fourth-order valence-corrected chi connectivity index (χ4v) is 2.49. The Kier molecular flexibility index (Phi) is 2.20. The number of aryl methyl sites for hydroxylation is 1. The van der Waals surface area contributed by atoms with Gasteiger partial charge in [0.1, 0.15) is 0 Å². The molecule has 0 bridgehead atoms. The van der Waals surface area contributed by atoms with Gasteiger partial charge in [0.05, 0.1) is 0 Å². The summed E-state index contributed by atoms with van der Waals surface area (Å²) in [5.74, 6) is 0. The van der Waals surface area contributed by atoms with E-state index in [4.69, 9.17) is 5.73 Å². The lowest BCUT2D eigenvalue weighted by Crippen LogP contribution is -2.01. The molecule has 12 heavy (non-hydrogen) atoms. The van der Waals surface area contributed by atoms with E-state index < -0.39 is 0 Å². The fourth-order valence-electron chi connectivity index (χ4n) is 1.94. The third kappa shape index (κ3) is 1.29. The lowest BCUT2D eigenvalue weighted by molar-refractivity contribution is 0.903. The van der Waals surface area contributed by atoms with Crippen LogP contribution >= 0.6 is 15.9 Å². The molecule has 1 aliphatic carbocycles. The fraction of sp³-hybridized carbons (Fsp3) is 0.400. The van der Waals surface area contributed by atoms with Crippen molar-refractivity contribution >= 4 is 15.9 Å². The van der Waals surface area contributed by atoms with Crippen LogP contribution in [-0.4, -0.2) is 0 Å². The van der Waals surface area contributed by atoms with Crippen LogP contribution in [-0.2, 0) is 19.4 Å². The van der Waals surface area contributed by atoms with Gasteiger partial charge in [0, 0.05) is 11.0 Å². The number of rotatable bonds is 1. The first-order valence-electron chi connectivity index (χ1n) is 4.31. The molecule has 2 rings (SSSR count). The second-order valence-corrected chi connectivity index (χ2v) is 4.18. The third-order valence-electron chi connectivity index (χ3n) is 2.49. The Bertz CT molecular complexity index is 307. The van der Waals surface area contributed by atoms with Gasteiger partial charge in [-0.2, -0.15) is 0 Å². The summed E-state index contributed by atoms with van der Waals surface area (Å²) in [6, 6.07) is 4.37. The highest BCUT2D eigenvalue weighted by molar-refractivity contribution is 9.10. The van der Waals surface area contributed by atoms with E-state index in [9.17, 15) is 0 Å². The molecule has 64 valence electrons. The minimum Gasteiger partial charge on any atom is -0.326 e.